The van der Waals surface area contributed by atoms with Crippen molar-refractivity contribution in [2.24, 2.45) is 0 Å². The Morgan fingerprint density at radius 2 is 1.61 bits per heavy atom. The highest BCUT2D eigenvalue weighted by Gasteiger charge is 2.04. The molecule has 18 heavy (non-hydrogen) atoms. The summed E-state index contributed by atoms with van der Waals surface area (Å²) >= 11 is 2.02. The number of benzene rings is 1. The maximum atomic E-state index is 2.49. The van der Waals surface area contributed by atoms with Crippen LogP contribution in [-0.4, -0.2) is 24.6 Å². The molecule has 0 aromatic heterocycles. The molecule has 0 bridgehead atoms. The van der Waals surface area contributed by atoms with E-state index in [0.717, 1.165) is 13.1 Å². The van der Waals surface area contributed by atoms with Crippen molar-refractivity contribution >= 4 is 17.4 Å². The first-order chi connectivity index (χ1) is 8.77. The molecule has 0 N–H and O–H groups in total. The van der Waals surface area contributed by atoms with Crippen LogP contribution in [0.25, 0.3) is 0 Å². The molecule has 1 rings (SSSR count). The summed E-state index contributed by atoms with van der Waals surface area (Å²) < 4.78 is 0. The maximum Gasteiger partial charge on any atom is 0.0366 e. The summed E-state index contributed by atoms with van der Waals surface area (Å²) in [4.78, 5) is 2.49. The van der Waals surface area contributed by atoms with Gasteiger partial charge in [0.2, 0.25) is 0 Å². The van der Waals surface area contributed by atoms with Gasteiger partial charge in [0, 0.05) is 24.5 Å². The van der Waals surface area contributed by atoms with Gasteiger partial charge < -0.3 is 4.90 Å². The molecule has 0 fully saturated rings. The zero-order valence-electron chi connectivity index (χ0n) is 12.7. The van der Waals surface area contributed by atoms with E-state index in [-0.39, 0.29) is 0 Å². The first-order valence-corrected chi connectivity index (χ1v) is 8.32. The van der Waals surface area contributed by atoms with E-state index >= 15 is 0 Å². The largest absolute Gasteiger partial charge is 0.371 e. The van der Waals surface area contributed by atoms with Crippen LogP contribution in [0.1, 0.15) is 39.7 Å². The zero-order valence-corrected chi connectivity index (χ0v) is 13.5. The Morgan fingerprint density at radius 1 is 1.00 bits per heavy atom. The molecule has 0 spiro atoms. The minimum atomic E-state index is 1.16. The number of aryl methyl sites for hydroxylation is 1. The topological polar surface area (TPSA) is 3.24 Å². The molecule has 0 aliphatic rings. The summed E-state index contributed by atoms with van der Waals surface area (Å²) in [7, 11) is 0. The van der Waals surface area contributed by atoms with Gasteiger partial charge in [0.05, 0.1) is 0 Å². The summed E-state index contributed by atoms with van der Waals surface area (Å²) in [6.07, 6.45) is 1.21. The van der Waals surface area contributed by atoms with E-state index in [1.54, 1.807) is 0 Å². The Balaban J connectivity index is 0.00000137. The van der Waals surface area contributed by atoms with Gasteiger partial charge in [-0.2, -0.15) is 11.8 Å². The van der Waals surface area contributed by atoms with Crippen molar-refractivity contribution in [2.45, 2.75) is 41.0 Å². The molecule has 0 radical (unpaired) electrons. The molecule has 1 nitrogen and oxygen atoms in total. The number of nitrogens with zero attached hydrogens (tertiary/aromatic N) is 1. The second-order valence-electron chi connectivity index (χ2n) is 4.02. The van der Waals surface area contributed by atoms with E-state index in [0.29, 0.717) is 0 Å². The average molecular weight is 267 g/mol. The third-order valence-corrected chi connectivity index (χ3v) is 3.48. The molecule has 0 unspecified atom stereocenters. The van der Waals surface area contributed by atoms with Crippen LogP contribution in [0.2, 0.25) is 0 Å². The van der Waals surface area contributed by atoms with Gasteiger partial charge in [-0.05, 0) is 31.2 Å². The van der Waals surface area contributed by atoms with Crippen LogP contribution in [-0.2, 0) is 0 Å². The van der Waals surface area contributed by atoms with Gasteiger partial charge in [-0.25, -0.2) is 0 Å². The third kappa shape index (κ3) is 6.95. The van der Waals surface area contributed by atoms with E-state index in [9.17, 15) is 0 Å². The fourth-order valence-electron chi connectivity index (χ4n) is 1.71. The Kier molecular flexibility index (Phi) is 11.1. The van der Waals surface area contributed by atoms with Crippen LogP contribution in [0.3, 0.4) is 0 Å². The molecule has 0 saturated carbocycles. The predicted molar refractivity (Wildman–Crippen MR) is 88.0 cm³/mol. The van der Waals surface area contributed by atoms with Crippen LogP contribution in [0, 0.1) is 6.92 Å². The number of hydrogen-bond donors (Lipinski definition) is 0. The number of thioether (sulfide) groups is 1. The van der Waals surface area contributed by atoms with E-state index < -0.39 is 0 Å². The zero-order chi connectivity index (χ0) is 13.8. The minimum absolute atomic E-state index is 1.16. The van der Waals surface area contributed by atoms with Crippen molar-refractivity contribution in [3.63, 3.8) is 0 Å². The third-order valence-electron chi connectivity index (χ3n) is 2.60. The monoisotopic (exact) mass is 267 g/mol. The van der Waals surface area contributed by atoms with E-state index in [2.05, 4.69) is 49.9 Å². The first kappa shape index (κ1) is 17.4. The van der Waals surface area contributed by atoms with Gasteiger partial charge in [-0.15, -0.1) is 0 Å². The van der Waals surface area contributed by atoms with Gasteiger partial charge in [-0.1, -0.05) is 45.4 Å². The number of rotatable bonds is 7. The molecule has 1 aromatic rings. The van der Waals surface area contributed by atoms with Crippen LogP contribution >= 0.6 is 11.8 Å². The maximum absolute atomic E-state index is 2.49. The summed E-state index contributed by atoms with van der Waals surface area (Å²) in [6, 6.07) is 8.87. The van der Waals surface area contributed by atoms with Crippen molar-refractivity contribution in [1.29, 1.82) is 0 Å². The molecular formula is C16H29NS. The van der Waals surface area contributed by atoms with Gasteiger partial charge in [0.1, 0.15) is 0 Å². The first-order valence-electron chi connectivity index (χ1n) is 7.17. The lowest BCUT2D eigenvalue weighted by Crippen LogP contribution is -2.26. The lowest BCUT2D eigenvalue weighted by Gasteiger charge is -2.24. The van der Waals surface area contributed by atoms with Crippen LogP contribution in [0.15, 0.2) is 24.3 Å². The van der Waals surface area contributed by atoms with Crippen LogP contribution in [0.4, 0.5) is 5.69 Å². The Hall–Kier alpha value is -0.630. The van der Waals surface area contributed by atoms with Gasteiger partial charge in [-0.3, -0.25) is 0 Å². The van der Waals surface area contributed by atoms with Crippen molar-refractivity contribution < 1.29 is 0 Å². The standard InChI is InChI=1S/C14H23NS.C2H6/c1-4-10-15(11-12-16-5-2)14-8-6-13(3)7-9-14;1-2/h6-9H,4-5,10-12H2,1-3H3;1-2H3. The van der Waals surface area contributed by atoms with Gasteiger partial charge in [0.25, 0.3) is 0 Å². The predicted octanol–water partition coefficient (Wildman–Crippen LogP) is 4.99. The molecule has 0 aliphatic carbocycles. The molecule has 0 heterocycles. The number of hydrogen-bond acceptors (Lipinski definition) is 2. The van der Waals surface area contributed by atoms with Crippen molar-refractivity contribution in [3.05, 3.63) is 29.8 Å². The summed E-state index contributed by atoms with van der Waals surface area (Å²) in [6.45, 7) is 12.9. The van der Waals surface area contributed by atoms with Gasteiger partial charge in [0.15, 0.2) is 0 Å². The molecule has 0 atom stereocenters. The molecule has 0 saturated heterocycles. The molecule has 104 valence electrons. The lowest BCUT2D eigenvalue weighted by atomic mass is 10.2. The Morgan fingerprint density at radius 3 is 2.11 bits per heavy atom. The average Bonchev–Trinajstić information content (AvgIpc) is 2.41. The molecular weight excluding hydrogens is 238 g/mol. The van der Waals surface area contributed by atoms with Gasteiger partial charge >= 0.3 is 0 Å². The highest BCUT2D eigenvalue weighted by atomic mass is 32.2. The van der Waals surface area contributed by atoms with Crippen molar-refractivity contribution in [1.82, 2.24) is 0 Å². The molecule has 1 aromatic carbocycles. The van der Waals surface area contributed by atoms with Crippen LogP contribution in [0.5, 0.6) is 0 Å². The highest BCUT2D eigenvalue weighted by Crippen LogP contribution is 2.16. The van der Waals surface area contributed by atoms with E-state index in [1.807, 2.05) is 25.6 Å². The van der Waals surface area contributed by atoms with E-state index in [4.69, 9.17) is 0 Å². The van der Waals surface area contributed by atoms with Crippen molar-refractivity contribution in [2.75, 3.05) is 29.5 Å². The Bertz CT molecular complexity index is 282. The van der Waals surface area contributed by atoms with Crippen LogP contribution < -0.4 is 4.90 Å². The summed E-state index contributed by atoms with van der Waals surface area (Å²) in [5, 5.41) is 0. The second-order valence-corrected chi connectivity index (χ2v) is 5.41. The van der Waals surface area contributed by atoms with E-state index in [1.165, 1.54) is 29.2 Å². The van der Waals surface area contributed by atoms with Crippen molar-refractivity contribution in [3.8, 4) is 0 Å². The smallest absolute Gasteiger partial charge is 0.0366 e. The Labute approximate surface area is 118 Å². The fraction of sp³-hybridized carbons (Fsp3) is 0.625. The highest BCUT2D eigenvalue weighted by molar-refractivity contribution is 7.99. The normalized spacial score (nSPS) is 9.61. The SMILES string of the molecule is CC.CCCN(CCSCC)c1ccc(C)cc1. The number of anilines is 1. The summed E-state index contributed by atoms with van der Waals surface area (Å²) in [5.74, 6) is 2.44. The fourth-order valence-corrected chi connectivity index (χ4v) is 2.35. The minimum Gasteiger partial charge on any atom is -0.371 e. The molecule has 0 amide bonds. The molecule has 0 aliphatic heterocycles. The lowest BCUT2D eigenvalue weighted by molar-refractivity contribution is 0.795. The molecule has 2 heteroatoms. The summed E-state index contributed by atoms with van der Waals surface area (Å²) in [5.41, 5.74) is 2.70. The quantitative estimate of drug-likeness (QED) is 0.640. The second kappa shape index (κ2) is 11.5.